The van der Waals surface area contributed by atoms with E-state index in [1.54, 1.807) is 49.1 Å². The quantitative estimate of drug-likeness (QED) is 0.467. The molecule has 37 heavy (non-hydrogen) atoms. The average Bonchev–Trinajstić information content (AvgIpc) is 3.14. The third kappa shape index (κ3) is 6.72. The van der Waals surface area contributed by atoms with E-state index >= 15 is 0 Å². The SMILES string of the molecule is CCOC(=O)C1=C(CN2CCCN(C(=O)COC)CC2)N(CC)C(=O)NC1c1cc(OC)cc(OC)c1. The molecule has 3 amide bonds. The Morgan fingerprint density at radius 1 is 1.00 bits per heavy atom. The third-order valence-corrected chi connectivity index (χ3v) is 6.54. The van der Waals surface area contributed by atoms with Gasteiger partial charge in [0.1, 0.15) is 18.1 Å². The molecule has 0 aliphatic carbocycles. The Hall–Kier alpha value is -3.31. The Morgan fingerprint density at radius 3 is 2.30 bits per heavy atom. The minimum Gasteiger partial charge on any atom is -0.497 e. The van der Waals surface area contributed by atoms with Crippen molar-refractivity contribution in [1.29, 1.82) is 0 Å². The third-order valence-electron chi connectivity index (χ3n) is 6.54. The molecule has 1 unspecified atom stereocenters. The molecule has 1 fully saturated rings. The van der Waals surface area contributed by atoms with E-state index in [0.717, 1.165) is 6.42 Å². The summed E-state index contributed by atoms with van der Waals surface area (Å²) >= 11 is 0. The molecule has 1 aromatic rings. The molecule has 11 nitrogen and oxygen atoms in total. The van der Waals surface area contributed by atoms with E-state index < -0.39 is 12.0 Å². The predicted octanol–water partition coefficient (Wildman–Crippen LogP) is 1.79. The summed E-state index contributed by atoms with van der Waals surface area (Å²) in [6.45, 7) is 7.10. The summed E-state index contributed by atoms with van der Waals surface area (Å²) in [4.78, 5) is 44.5. The van der Waals surface area contributed by atoms with Crippen LogP contribution in [0.15, 0.2) is 29.5 Å². The number of benzene rings is 1. The lowest BCUT2D eigenvalue weighted by Crippen LogP contribution is -2.51. The zero-order valence-electron chi connectivity index (χ0n) is 22.4. The van der Waals surface area contributed by atoms with Crippen molar-refractivity contribution in [3.05, 3.63) is 35.0 Å². The minimum absolute atomic E-state index is 0.0463. The molecule has 204 valence electrons. The number of methoxy groups -OCH3 is 3. The maximum atomic E-state index is 13.4. The molecule has 1 N–H and O–H groups in total. The summed E-state index contributed by atoms with van der Waals surface area (Å²) in [6, 6.07) is 4.23. The number of ether oxygens (including phenoxy) is 4. The highest BCUT2D eigenvalue weighted by molar-refractivity contribution is 5.95. The van der Waals surface area contributed by atoms with Crippen molar-refractivity contribution < 1.29 is 33.3 Å². The smallest absolute Gasteiger partial charge is 0.338 e. The number of amides is 3. The molecule has 1 aromatic carbocycles. The lowest BCUT2D eigenvalue weighted by atomic mass is 9.93. The molecular weight excluding hydrogens is 480 g/mol. The van der Waals surface area contributed by atoms with Crippen LogP contribution in [0.1, 0.15) is 31.9 Å². The second kappa shape index (κ2) is 13.3. The van der Waals surface area contributed by atoms with Gasteiger partial charge in [-0.2, -0.15) is 0 Å². The molecule has 1 atom stereocenters. The van der Waals surface area contributed by atoms with Crippen LogP contribution in [0.4, 0.5) is 4.79 Å². The van der Waals surface area contributed by atoms with E-state index in [1.807, 2.05) is 6.92 Å². The molecule has 1 saturated heterocycles. The van der Waals surface area contributed by atoms with Crippen molar-refractivity contribution in [2.24, 2.45) is 0 Å². The number of rotatable bonds is 10. The van der Waals surface area contributed by atoms with Crippen molar-refractivity contribution in [3.63, 3.8) is 0 Å². The fraction of sp³-hybridized carbons (Fsp3) is 0.577. The van der Waals surface area contributed by atoms with Gasteiger partial charge in [0.25, 0.3) is 0 Å². The summed E-state index contributed by atoms with van der Waals surface area (Å²) in [5, 5.41) is 2.97. The van der Waals surface area contributed by atoms with E-state index in [1.165, 1.54) is 7.11 Å². The van der Waals surface area contributed by atoms with Crippen molar-refractivity contribution >= 4 is 17.9 Å². The molecule has 11 heteroatoms. The van der Waals surface area contributed by atoms with Crippen LogP contribution < -0.4 is 14.8 Å². The molecule has 0 spiro atoms. The maximum Gasteiger partial charge on any atom is 0.338 e. The van der Waals surface area contributed by atoms with Crippen molar-refractivity contribution in [2.45, 2.75) is 26.3 Å². The molecule has 0 bridgehead atoms. The molecular formula is C26H38N4O7. The number of urea groups is 1. The fourth-order valence-electron chi connectivity index (χ4n) is 4.71. The number of esters is 1. The number of nitrogens with one attached hydrogen (secondary N) is 1. The number of hydrogen-bond donors (Lipinski definition) is 1. The van der Waals surface area contributed by atoms with Gasteiger partial charge in [-0.25, -0.2) is 9.59 Å². The van der Waals surface area contributed by atoms with Crippen molar-refractivity contribution in [2.75, 3.05) is 73.8 Å². The zero-order valence-corrected chi connectivity index (χ0v) is 22.4. The number of carbonyl (C=O) groups excluding carboxylic acids is 3. The Bertz CT molecular complexity index is 990. The monoisotopic (exact) mass is 518 g/mol. The van der Waals surface area contributed by atoms with E-state index in [-0.39, 0.29) is 25.2 Å². The molecule has 3 rings (SSSR count). The van der Waals surface area contributed by atoms with Gasteiger partial charge in [-0.3, -0.25) is 14.6 Å². The first-order valence-corrected chi connectivity index (χ1v) is 12.6. The van der Waals surface area contributed by atoms with Crippen LogP contribution >= 0.6 is 0 Å². The van der Waals surface area contributed by atoms with Crippen LogP contribution in [0.5, 0.6) is 11.5 Å². The van der Waals surface area contributed by atoms with E-state index in [2.05, 4.69) is 10.2 Å². The van der Waals surface area contributed by atoms with Gasteiger partial charge in [-0.05, 0) is 38.0 Å². The summed E-state index contributed by atoms with van der Waals surface area (Å²) in [7, 11) is 4.60. The Morgan fingerprint density at radius 2 is 1.70 bits per heavy atom. The van der Waals surface area contributed by atoms with E-state index in [4.69, 9.17) is 18.9 Å². The second-order valence-electron chi connectivity index (χ2n) is 8.80. The van der Waals surface area contributed by atoms with Gasteiger partial charge in [0.05, 0.1) is 32.4 Å². The normalized spacial score (nSPS) is 18.8. The molecule has 0 radical (unpaired) electrons. The lowest BCUT2D eigenvalue weighted by Gasteiger charge is -2.38. The topological polar surface area (TPSA) is 110 Å². The van der Waals surface area contributed by atoms with Gasteiger partial charge in [-0.15, -0.1) is 0 Å². The first-order chi connectivity index (χ1) is 17.9. The highest BCUT2D eigenvalue weighted by Crippen LogP contribution is 2.35. The minimum atomic E-state index is -0.750. The van der Waals surface area contributed by atoms with Gasteiger partial charge in [0, 0.05) is 58.1 Å². The number of nitrogens with zero attached hydrogens (tertiary/aromatic N) is 3. The van der Waals surface area contributed by atoms with Crippen LogP contribution in [-0.4, -0.2) is 106 Å². The van der Waals surface area contributed by atoms with Crippen LogP contribution in [-0.2, 0) is 19.1 Å². The number of likely N-dealkylation sites (N-methyl/N-ethyl adjacent to an activating group) is 1. The standard InChI is InChI=1S/C26H38N4O7/c1-6-30-21(16-28-9-8-10-29(12-11-28)22(31)17-34-3)23(25(32)37-7-2)24(27-26(30)33)18-13-19(35-4)15-20(14-18)36-5/h13-15,24H,6-12,16-17H2,1-5H3,(H,27,33). The first-order valence-electron chi connectivity index (χ1n) is 12.6. The molecule has 2 aliphatic rings. The summed E-state index contributed by atoms with van der Waals surface area (Å²) in [5.41, 5.74) is 1.61. The summed E-state index contributed by atoms with van der Waals surface area (Å²) < 4.78 is 21.3. The van der Waals surface area contributed by atoms with Crippen LogP contribution in [0.25, 0.3) is 0 Å². The fourth-order valence-corrected chi connectivity index (χ4v) is 4.71. The van der Waals surface area contributed by atoms with Crippen LogP contribution in [0.3, 0.4) is 0 Å². The van der Waals surface area contributed by atoms with Gasteiger partial charge in [-0.1, -0.05) is 0 Å². The molecule has 2 heterocycles. The van der Waals surface area contributed by atoms with Gasteiger partial charge < -0.3 is 29.2 Å². The number of carbonyl (C=O) groups is 3. The van der Waals surface area contributed by atoms with Crippen molar-refractivity contribution in [3.8, 4) is 11.5 Å². The number of hydrogen-bond acceptors (Lipinski definition) is 8. The second-order valence-corrected chi connectivity index (χ2v) is 8.80. The van der Waals surface area contributed by atoms with E-state index in [0.29, 0.717) is 67.6 Å². The van der Waals surface area contributed by atoms with E-state index in [9.17, 15) is 14.4 Å². The highest BCUT2D eigenvalue weighted by Gasteiger charge is 2.39. The van der Waals surface area contributed by atoms with Gasteiger partial charge in [0.2, 0.25) is 5.91 Å². The van der Waals surface area contributed by atoms with Crippen molar-refractivity contribution in [1.82, 2.24) is 20.0 Å². The Labute approximate surface area is 218 Å². The predicted molar refractivity (Wildman–Crippen MR) is 136 cm³/mol. The summed E-state index contributed by atoms with van der Waals surface area (Å²) in [6.07, 6.45) is 0.770. The average molecular weight is 519 g/mol. The Kier molecular flexibility index (Phi) is 10.2. The highest BCUT2D eigenvalue weighted by atomic mass is 16.5. The Balaban J connectivity index is 2.02. The molecule has 2 aliphatic heterocycles. The first kappa shape index (κ1) is 28.3. The van der Waals surface area contributed by atoms with Crippen LogP contribution in [0, 0.1) is 0 Å². The lowest BCUT2D eigenvalue weighted by molar-refractivity contribution is -0.139. The molecule has 0 aromatic heterocycles. The summed E-state index contributed by atoms with van der Waals surface area (Å²) in [5.74, 6) is 0.545. The van der Waals surface area contributed by atoms with Gasteiger partial charge >= 0.3 is 12.0 Å². The maximum absolute atomic E-state index is 13.4. The molecule has 0 saturated carbocycles. The van der Waals surface area contributed by atoms with Gasteiger partial charge in [0.15, 0.2) is 0 Å². The zero-order chi connectivity index (χ0) is 26.9. The van der Waals surface area contributed by atoms with Crippen LogP contribution in [0.2, 0.25) is 0 Å². The largest absolute Gasteiger partial charge is 0.497 e.